The predicted octanol–water partition coefficient (Wildman–Crippen LogP) is 1.36. The second-order valence-electron chi connectivity index (χ2n) is 3.53. The molecule has 1 fully saturated rings. The Balaban J connectivity index is 2.41. The van der Waals surface area contributed by atoms with Crippen molar-refractivity contribution >= 4 is 5.97 Å². The molecule has 0 bridgehead atoms. The Morgan fingerprint density at radius 3 is 2.60 bits per heavy atom. The van der Waals surface area contributed by atoms with Crippen LogP contribution in [0.1, 0.15) is 12.5 Å². The van der Waals surface area contributed by atoms with Crippen LogP contribution in [0.25, 0.3) is 0 Å². The van der Waals surface area contributed by atoms with Crippen molar-refractivity contribution in [3.05, 3.63) is 35.9 Å². The van der Waals surface area contributed by atoms with Crippen molar-refractivity contribution in [2.24, 2.45) is 0 Å². The summed E-state index contributed by atoms with van der Waals surface area (Å²) in [6.45, 7) is 2.08. The van der Waals surface area contributed by atoms with Gasteiger partial charge in [0.25, 0.3) is 5.79 Å². The van der Waals surface area contributed by atoms with Gasteiger partial charge in [-0.25, -0.2) is 4.79 Å². The second-order valence-corrected chi connectivity index (χ2v) is 3.53. The van der Waals surface area contributed by atoms with Gasteiger partial charge in [-0.15, -0.1) is 0 Å². The molecule has 2 unspecified atom stereocenters. The van der Waals surface area contributed by atoms with Crippen molar-refractivity contribution in [3.8, 4) is 0 Å². The van der Waals surface area contributed by atoms with Crippen LogP contribution in [0.5, 0.6) is 0 Å². The number of hydrogen-bond donors (Lipinski definition) is 1. The lowest BCUT2D eigenvalue weighted by Gasteiger charge is -2.22. The van der Waals surface area contributed by atoms with Gasteiger partial charge in [-0.3, -0.25) is 0 Å². The normalized spacial score (nSPS) is 30.3. The van der Waals surface area contributed by atoms with E-state index in [1.165, 1.54) is 0 Å². The second kappa shape index (κ2) is 3.64. The number of aliphatic carboxylic acids is 1. The number of rotatable bonds is 2. The summed E-state index contributed by atoms with van der Waals surface area (Å²) in [5.41, 5.74) is 0.516. The SMILES string of the molecule is CC1COC(C(=O)O)(c2ccccc2)O1. The lowest BCUT2D eigenvalue weighted by molar-refractivity contribution is -0.209. The van der Waals surface area contributed by atoms with Gasteiger partial charge in [0.05, 0.1) is 12.7 Å². The van der Waals surface area contributed by atoms with E-state index in [1.807, 2.05) is 6.07 Å². The minimum Gasteiger partial charge on any atom is -0.477 e. The number of carboxylic acid groups (broad SMARTS) is 1. The maximum absolute atomic E-state index is 11.2. The fraction of sp³-hybridized carbons (Fsp3) is 0.364. The molecule has 4 heteroatoms. The number of hydrogen-bond acceptors (Lipinski definition) is 3. The quantitative estimate of drug-likeness (QED) is 0.797. The van der Waals surface area contributed by atoms with Gasteiger partial charge in [0.15, 0.2) is 0 Å². The molecule has 2 rings (SSSR count). The maximum Gasteiger partial charge on any atom is 0.369 e. The Hall–Kier alpha value is -1.39. The molecule has 1 aliphatic heterocycles. The molecular formula is C11H12O4. The molecule has 0 aromatic heterocycles. The van der Waals surface area contributed by atoms with Gasteiger partial charge in [-0.05, 0) is 6.92 Å². The fourth-order valence-electron chi connectivity index (χ4n) is 1.63. The summed E-state index contributed by atoms with van der Waals surface area (Å²) < 4.78 is 10.7. The molecule has 1 saturated heterocycles. The van der Waals surface area contributed by atoms with E-state index in [9.17, 15) is 9.90 Å². The first kappa shape index (κ1) is 10.1. The summed E-state index contributed by atoms with van der Waals surface area (Å²) in [4.78, 5) is 11.2. The van der Waals surface area contributed by atoms with Gasteiger partial charge in [0.2, 0.25) is 0 Å². The van der Waals surface area contributed by atoms with E-state index in [1.54, 1.807) is 31.2 Å². The highest BCUT2D eigenvalue weighted by Gasteiger charge is 2.49. The number of carboxylic acids is 1. The Morgan fingerprint density at radius 2 is 2.13 bits per heavy atom. The Labute approximate surface area is 87.4 Å². The molecule has 0 aliphatic carbocycles. The smallest absolute Gasteiger partial charge is 0.369 e. The van der Waals surface area contributed by atoms with Crippen molar-refractivity contribution in [1.29, 1.82) is 0 Å². The summed E-state index contributed by atoms with van der Waals surface area (Å²) in [7, 11) is 0. The van der Waals surface area contributed by atoms with Crippen molar-refractivity contribution < 1.29 is 19.4 Å². The van der Waals surface area contributed by atoms with Crippen molar-refractivity contribution in [1.82, 2.24) is 0 Å². The molecule has 1 aromatic carbocycles. The largest absolute Gasteiger partial charge is 0.477 e. The van der Waals surface area contributed by atoms with E-state index >= 15 is 0 Å². The third-order valence-corrected chi connectivity index (χ3v) is 2.32. The zero-order valence-electron chi connectivity index (χ0n) is 8.34. The van der Waals surface area contributed by atoms with Crippen molar-refractivity contribution in [3.63, 3.8) is 0 Å². The molecule has 4 nitrogen and oxygen atoms in total. The van der Waals surface area contributed by atoms with Crippen LogP contribution in [0.3, 0.4) is 0 Å². The van der Waals surface area contributed by atoms with Gasteiger partial charge in [-0.2, -0.15) is 0 Å². The molecule has 0 saturated carbocycles. The van der Waals surface area contributed by atoms with Crippen molar-refractivity contribution in [2.45, 2.75) is 18.8 Å². The molecule has 0 amide bonds. The highest BCUT2D eigenvalue weighted by molar-refractivity contribution is 5.78. The number of ether oxygens (including phenoxy) is 2. The summed E-state index contributed by atoms with van der Waals surface area (Å²) >= 11 is 0. The molecule has 2 atom stereocenters. The van der Waals surface area contributed by atoms with E-state index < -0.39 is 11.8 Å². The highest BCUT2D eigenvalue weighted by atomic mass is 16.8. The third kappa shape index (κ3) is 1.62. The summed E-state index contributed by atoms with van der Waals surface area (Å²) in [6, 6.07) is 8.71. The van der Waals surface area contributed by atoms with Gasteiger partial charge in [0, 0.05) is 5.56 Å². The van der Waals surface area contributed by atoms with Crippen LogP contribution in [0.2, 0.25) is 0 Å². The topological polar surface area (TPSA) is 55.8 Å². The van der Waals surface area contributed by atoms with Crippen LogP contribution < -0.4 is 0 Å². The monoisotopic (exact) mass is 208 g/mol. The molecule has 0 radical (unpaired) electrons. The minimum atomic E-state index is -1.62. The summed E-state index contributed by atoms with van der Waals surface area (Å²) in [5, 5.41) is 9.18. The van der Waals surface area contributed by atoms with E-state index in [2.05, 4.69) is 0 Å². The van der Waals surface area contributed by atoms with Gasteiger partial charge in [-0.1, -0.05) is 30.3 Å². The van der Waals surface area contributed by atoms with E-state index in [0.717, 1.165) is 0 Å². The molecule has 80 valence electrons. The Bertz CT molecular complexity index is 362. The lowest BCUT2D eigenvalue weighted by Crippen LogP contribution is -2.37. The number of carbonyl (C=O) groups is 1. The molecule has 15 heavy (non-hydrogen) atoms. The lowest BCUT2D eigenvalue weighted by atomic mass is 10.1. The molecular weight excluding hydrogens is 196 g/mol. The van der Waals surface area contributed by atoms with E-state index in [0.29, 0.717) is 12.2 Å². The molecule has 1 N–H and O–H groups in total. The average molecular weight is 208 g/mol. The van der Waals surface area contributed by atoms with Gasteiger partial charge in [0.1, 0.15) is 0 Å². The third-order valence-electron chi connectivity index (χ3n) is 2.32. The molecule has 0 spiro atoms. The van der Waals surface area contributed by atoms with Crippen LogP contribution in [0.4, 0.5) is 0 Å². The van der Waals surface area contributed by atoms with Gasteiger partial charge >= 0.3 is 5.97 Å². The van der Waals surface area contributed by atoms with Crippen LogP contribution in [-0.4, -0.2) is 23.8 Å². The first-order chi connectivity index (χ1) is 7.15. The first-order valence-electron chi connectivity index (χ1n) is 4.76. The standard InChI is InChI=1S/C11H12O4/c1-8-7-14-11(15-8,10(12)13)9-5-3-2-4-6-9/h2-6,8H,7H2,1H3,(H,12,13). The zero-order valence-corrected chi connectivity index (χ0v) is 8.34. The predicted molar refractivity (Wildman–Crippen MR) is 52.3 cm³/mol. The number of benzene rings is 1. The molecule has 1 heterocycles. The van der Waals surface area contributed by atoms with Crippen LogP contribution >= 0.6 is 0 Å². The highest BCUT2D eigenvalue weighted by Crippen LogP contribution is 2.34. The minimum absolute atomic E-state index is 0.207. The van der Waals surface area contributed by atoms with E-state index in [4.69, 9.17) is 9.47 Å². The Morgan fingerprint density at radius 1 is 1.47 bits per heavy atom. The zero-order chi connectivity index (χ0) is 10.9. The first-order valence-corrected chi connectivity index (χ1v) is 4.76. The molecule has 1 aromatic rings. The van der Waals surface area contributed by atoms with Crippen LogP contribution in [0, 0.1) is 0 Å². The van der Waals surface area contributed by atoms with Gasteiger partial charge < -0.3 is 14.6 Å². The maximum atomic E-state index is 11.2. The van der Waals surface area contributed by atoms with Crippen LogP contribution in [-0.2, 0) is 20.1 Å². The van der Waals surface area contributed by atoms with Crippen LogP contribution in [0.15, 0.2) is 30.3 Å². The molecule has 1 aliphatic rings. The average Bonchev–Trinajstić information content (AvgIpc) is 2.63. The summed E-state index contributed by atoms with van der Waals surface area (Å²) in [6.07, 6.45) is -0.207. The van der Waals surface area contributed by atoms with Crippen molar-refractivity contribution in [2.75, 3.05) is 6.61 Å². The Kier molecular flexibility index (Phi) is 2.46. The van der Waals surface area contributed by atoms with E-state index in [-0.39, 0.29) is 6.10 Å². The summed E-state index contributed by atoms with van der Waals surface area (Å²) in [5.74, 6) is -2.74. The fourth-order valence-corrected chi connectivity index (χ4v) is 1.63.